The van der Waals surface area contributed by atoms with Crippen LogP contribution in [0.25, 0.3) is 103 Å². The van der Waals surface area contributed by atoms with E-state index in [1.54, 1.807) is 12.1 Å². The maximum absolute atomic E-state index is 15.1. The summed E-state index contributed by atoms with van der Waals surface area (Å²) >= 11 is 0. The van der Waals surface area contributed by atoms with Crippen LogP contribution in [0.1, 0.15) is 174 Å². The summed E-state index contributed by atoms with van der Waals surface area (Å²) in [5, 5.41) is 12.4. The van der Waals surface area contributed by atoms with Crippen LogP contribution in [-0.2, 0) is 18.9 Å². The molecule has 1 unspecified atom stereocenters. The van der Waals surface area contributed by atoms with Crippen molar-refractivity contribution in [2.24, 2.45) is 20.0 Å². The number of hydrogen-bond acceptors (Lipinski definition) is 7. The van der Waals surface area contributed by atoms with Crippen LogP contribution in [0.3, 0.4) is 0 Å². The fourth-order valence-corrected chi connectivity index (χ4v) is 14.9. The van der Waals surface area contributed by atoms with E-state index in [0.717, 1.165) is 89.3 Å². The zero-order valence-corrected chi connectivity index (χ0v) is 51.3. The van der Waals surface area contributed by atoms with Gasteiger partial charge in [-0.1, -0.05) is 79.4 Å². The van der Waals surface area contributed by atoms with E-state index in [4.69, 9.17) is 0 Å². The average Bonchev–Trinajstić information content (AvgIpc) is 1.87. The number of nitrogens with one attached hydrogen (secondary N) is 1. The van der Waals surface area contributed by atoms with E-state index >= 15 is 4.79 Å². The van der Waals surface area contributed by atoms with E-state index in [9.17, 15) is 28.8 Å². The minimum Gasteiger partial charge on any atom is -0.349 e. The van der Waals surface area contributed by atoms with Gasteiger partial charge in [0, 0.05) is 137 Å². The number of aromatic nitrogens is 4. The second kappa shape index (κ2) is 20.8. The molecule has 0 saturated heterocycles. The maximum Gasteiger partial charge on any atom is 0.261 e. The number of carbonyl (C=O) groups excluding carboxylic acids is 3. The Hall–Kier alpha value is -8.81. The molecule has 11 aromatic rings. The maximum atomic E-state index is 15.1. The number of allylic oxidation sites excluding steroid dienone is 1. The van der Waals surface area contributed by atoms with Crippen LogP contribution in [0.5, 0.6) is 0 Å². The third kappa shape index (κ3) is 7.80. The largest absolute Gasteiger partial charge is 0.349 e. The lowest BCUT2D eigenvalue weighted by atomic mass is 9.84. The van der Waals surface area contributed by atoms with Crippen molar-refractivity contribution >= 4 is 121 Å². The third-order valence-corrected chi connectivity index (χ3v) is 19.7. The predicted octanol–water partition coefficient (Wildman–Crippen LogP) is 13.3. The topological polar surface area (TPSA) is 154 Å². The molecule has 1 aliphatic heterocycles. The smallest absolute Gasteiger partial charge is 0.261 e. The summed E-state index contributed by atoms with van der Waals surface area (Å²) in [6, 6.07) is 12.2. The lowest BCUT2D eigenvalue weighted by Gasteiger charge is -2.35. The number of imide groups is 1. The first-order valence-electron chi connectivity index (χ1n) is 30.6. The number of nitrogens with zero attached hydrogens (tertiary/aromatic N) is 5. The van der Waals surface area contributed by atoms with Crippen molar-refractivity contribution in [2.75, 3.05) is 0 Å². The molecule has 0 saturated carbocycles. The molecular formula is C72H72N6O7. The van der Waals surface area contributed by atoms with Gasteiger partial charge in [-0.3, -0.25) is 47.6 Å². The molecule has 3 amide bonds. The molecule has 432 valence electrons. The van der Waals surface area contributed by atoms with Gasteiger partial charge in [-0.25, -0.2) is 0 Å². The van der Waals surface area contributed by atoms with Gasteiger partial charge in [0.2, 0.25) is 0 Å². The summed E-state index contributed by atoms with van der Waals surface area (Å²) < 4.78 is 6.90. The molecule has 13 nitrogen and oxygen atoms in total. The molecule has 0 spiro atoms. The first-order chi connectivity index (χ1) is 40.8. The second-order valence-electron chi connectivity index (χ2n) is 23.9. The summed E-state index contributed by atoms with van der Waals surface area (Å²) in [4.78, 5) is 104. The molecule has 5 heterocycles. The van der Waals surface area contributed by atoms with Crippen molar-refractivity contribution < 1.29 is 14.4 Å². The number of pyridine rings is 2. The average molecular weight is 1130 g/mol. The van der Waals surface area contributed by atoms with Crippen molar-refractivity contribution in [2.45, 2.75) is 159 Å². The number of fused-ring (bicyclic) bond motifs is 5. The van der Waals surface area contributed by atoms with E-state index in [1.165, 1.54) is 14.0 Å². The molecule has 12 rings (SSSR count). The van der Waals surface area contributed by atoms with E-state index in [2.05, 4.69) is 42.8 Å². The van der Waals surface area contributed by atoms with Crippen molar-refractivity contribution in [3.05, 3.63) is 129 Å². The molecule has 4 aromatic heterocycles. The Morgan fingerprint density at radius 2 is 1.00 bits per heavy atom. The van der Waals surface area contributed by atoms with Gasteiger partial charge in [0.15, 0.2) is 0 Å². The molecular weight excluding hydrogens is 1060 g/mol. The van der Waals surface area contributed by atoms with E-state index < -0.39 is 11.5 Å². The highest BCUT2D eigenvalue weighted by Gasteiger charge is 2.41. The number of aryl methyl sites for hydroxylation is 4. The van der Waals surface area contributed by atoms with Crippen LogP contribution in [0.2, 0.25) is 0 Å². The minimum atomic E-state index is -0.546. The number of benzene rings is 7. The molecule has 0 aliphatic carbocycles. The van der Waals surface area contributed by atoms with Gasteiger partial charge >= 0.3 is 0 Å². The molecule has 1 aliphatic rings. The van der Waals surface area contributed by atoms with Crippen molar-refractivity contribution in [1.82, 2.24) is 28.5 Å². The van der Waals surface area contributed by atoms with Gasteiger partial charge in [0.05, 0.1) is 27.4 Å². The molecule has 13 heteroatoms. The van der Waals surface area contributed by atoms with E-state index in [0.29, 0.717) is 104 Å². The summed E-state index contributed by atoms with van der Waals surface area (Å²) in [5.74, 6) is 11.5. The summed E-state index contributed by atoms with van der Waals surface area (Å²) in [6.07, 6.45) is 7.00. The first kappa shape index (κ1) is 56.7. The number of carbonyl (C=O) groups is 3. The Labute approximate surface area is 492 Å². The highest BCUT2D eigenvalue weighted by Crippen LogP contribution is 2.50. The highest BCUT2D eigenvalue weighted by atomic mass is 16.2. The fraction of sp³-hybridized carbons (Fsp3) is 0.375. The van der Waals surface area contributed by atoms with Crippen LogP contribution < -0.4 is 27.6 Å². The van der Waals surface area contributed by atoms with Gasteiger partial charge in [0.25, 0.3) is 40.0 Å². The molecule has 7 aromatic carbocycles. The molecule has 1 N–H and O–H groups in total. The van der Waals surface area contributed by atoms with Crippen molar-refractivity contribution in [1.29, 1.82) is 0 Å². The van der Waals surface area contributed by atoms with Gasteiger partial charge in [-0.2, -0.15) is 0 Å². The van der Waals surface area contributed by atoms with Gasteiger partial charge in [-0.15, -0.1) is 0 Å². The van der Waals surface area contributed by atoms with Crippen LogP contribution >= 0.6 is 0 Å². The normalized spacial score (nSPS) is 14.1. The summed E-state index contributed by atoms with van der Waals surface area (Å²) in [7, 11) is 3.89. The zero-order chi connectivity index (χ0) is 60.7. The number of amides is 3. The quantitative estimate of drug-likeness (QED) is 0.0374. The lowest BCUT2D eigenvalue weighted by Crippen LogP contribution is -2.48. The van der Waals surface area contributed by atoms with Crippen molar-refractivity contribution in [3.8, 4) is 23.7 Å². The van der Waals surface area contributed by atoms with Crippen LogP contribution in [-0.4, -0.2) is 53.0 Å². The number of hydrogen-bond donors (Lipinski definition) is 1. The van der Waals surface area contributed by atoms with E-state index in [1.807, 2.05) is 129 Å². The molecule has 0 bridgehead atoms. The molecule has 1 atom stereocenters. The fourth-order valence-electron chi connectivity index (χ4n) is 14.9. The van der Waals surface area contributed by atoms with Gasteiger partial charge < -0.3 is 14.5 Å². The SMILES string of the molecule is CCC(CC)NC(=O)c1cc2c(c(C)c1C)c1c(C)c3c(cc1n2C)C(=O)N(C(CC)CC)C(=O)C3=CC(C)C#CC#Cc1cc2c(=O)n(C(CC)CC)c(=O)c3cc4c5c(c1c1ccc6c(=O)n(C(CC)CC)c(=O)c7cc(c5c1c67)n4C)c23. The Morgan fingerprint density at radius 1 is 0.506 bits per heavy atom. The predicted molar refractivity (Wildman–Crippen MR) is 347 cm³/mol. The lowest BCUT2D eigenvalue weighted by molar-refractivity contribution is -0.124. The van der Waals surface area contributed by atoms with Crippen LogP contribution in [0, 0.1) is 50.4 Å². The monoisotopic (exact) mass is 1130 g/mol. The Bertz CT molecular complexity index is 5120. The highest BCUT2D eigenvalue weighted by molar-refractivity contribution is 6.46. The Morgan fingerprint density at radius 3 is 1.56 bits per heavy atom. The molecule has 0 radical (unpaired) electrons. The number of rotatable bonds is 14. The molecule has 85 heavy (non-hydrogen) atoms. The summed E-state index contributed by atoms with van der Waals surface area (Å²) in [5.41, 5.74) is 6.84. The van der Waals surface area contributed by atoms with Gasteiger partial charge in [-0.05, 0) is 149 Å². The minimum absolute atomic E-state index is 0.0494. The zero-order valence-electron chi connectivity index (χ0n) is 51.3. The second-order valence-corrected chi connectivity index (χ2v) is 23.9. The Kier molecular flexibility index (Phi) is 13.8. The van der Waals surface area contributed by atoms with Gasteiger partial charge in [0.1, 0.15) is 0 Å². The van der Waals surface area contributed by atoms with E-state index in [-0.39, 0.29) is 58.6 Å². The standard InChI is InChI=1S/C72H72N6O7/c1-15-40(16-2)73-66(79)46-31-52-57(37(11)36(46)10)58-38(12)56-47(68(81)77(42(19-5)20-6)70(83)49(56)32-53(58)74(52)13)29-35(9)25-23-24-26-39-30-48-61-51(72(85)78(69(48)82)43(21-7)22-8)34-55-64-63-54(75(55)14)33-50-60-45(28-27-44(62(60)63)59(39)65(61)64)67(80)76(71(50)84)41(17-3)18-4/h27-35,40-43H,15-22H2,1-14H3,(H,73,79). The van der Waals surface area contributed by atoms with Crippen LogP contribution in [0.15, 0.2) is 67.7 Å². The Balaban J connectivity index is 1.08. The molecule has 0 fully saturated rings. The van der Waals surface area contributed by atoms with Crippen molar-refractivity contribution in [3.63, 3.8) is 0 Å². The first-order valence-corrected chi connectivity index (χ1v) is 30.6. The third-order valence-electron chi connectivity index (χ3n) is 19.7. The summed E-state index contributed by atoms with van der Waals surface area (Å²) in [6.45, 7) is 23.9. The van der Waals surface area contributed by atoms with Crippen LogP contribution in [0.4, 0.5) is 0 Å².